The van der Waals surface area contributed by atoms with Crippen LogP contribution in [0.25, 0.3) is 10.2 Å². The van der Waals surface area contributed by atoms with E-state index in [-0.39, 0.29) is 5.91 Å². The van der Waals surface area contributed by atoms with Gasteiger partial charge in [-0.05, 0) is 36.8 Å². The van der Waals surface area contributed by atoms with Crippen LogP contribution in [0.4, 0.5) is 5.13 Å². The highest BCUT2D eigenvalue weighted by atomic mass is 35.5. The summed E-state index contributed by atoms with van der Waals surface area (Å²) in [6.45, 7) is 1.94. The summed E-state index contributed by atoms with van der Waals surface area (Å²) in [5.41, 5.74) is 1.22. The molecule has 0 spiro atoms. The second kappa shape index (κ2) is 7.76. The zero-order valence-electron chi connectivity index (χ0n) is 15.6. The van der Waals surface area contributed by atoms with Gasteiger partial charge in [0, 0.05) is 5.02 Å². The number of amides is 1. The average molecular weight is 493 g/mol. The molecule has 152 valence electrons. The third kappa shape index (κ3) is 3.31. The third-order valence-electron chi connectivity index (χ3n) is 5.06. The van der Waals surface area contributed by atoms with Crippen LogP contribution in [0, 0.1) is 0 Å². The number of fused-ring (bicyclic) bond motifs is 1. The minimum absolute atomic E-state index is 0.171. The van der Waals surface area contributed by atoms with Gasteiger partial charge in [0.1, 0.15) is 10.4 Å². The molecule has 0 aliphatic carbocycles. The van der Waals surface area contributed by atoms with E-state index in [9.17, 15) is 4.79 Å². The van der Waals surface area contributed by atoms with Gasteiger partial charge in [-0.2, -0.15) is 0 Å². The largest absolute Gasteiger partial charge is 0.273 e. The number of nitrogens with zero attached hydrogens (tertiary/aromatic N) is 4. The molecule has 3 heterocycles. The fraction of sp³-hybridized carbons (Fsp3) is 0.200. The molecule has 4 aromatic rings. The van der Waals surface area contributed by atoms with Crippen molar-refractivity contribution in [2.24, 2.45) is 0 Å². The average Bonchev–Trinajstić information content (AvgIpc) is 3.38. The number of anilines is 1. The monoisotopic (exact) mass is 492 g/mol. The molecule has 5 nitrogen and oxygen atoms in total. The maximum atomic E-state index is 12.6. The van der Waals surface area contributed by atoms with Crippen molar-refractivity contribution >= 4 is 78.9 Å². The zero-order valence-corrected chi connectivity index (χ0v) is 19.5. The number of alkyl halides is 1. The number of halogens is 2. The predicted molar refractivity (Wildman–Crippen MR) is 125 cm³/mol. The van der Waals surface area contributed by atoms with Crippen LogP contribution in [0.1, 0.15) is 17.5 Å². The topological polar surface area (TPSA) is 59.0 Å². The first-order chi connectivity index (χ1) is 14.5. The number of aromatic nitrogens is 3. The molecule has 30 heavy (non-hydrogen) atoms. The minimum atomic E-state index is -0.694. The van der Waals surface area contributed by atoms with Crippen molar-refractivity contribution in [3.05, 3.63) is 64.1 Å². The second-order valence-electron chi connectivity index (χ2n) is 6.91. The fourth-order valence-electron chi connectivity index (χ4n) is 3.42. The van der Waals surface area contributed by atoms with Crippen LogP contribution in [-0.4, -0.2) is 26.5 Å². The zero-order chi connectivity index (χ0) is 20.9. The molecule has 0 radical (unpaired) electrons. The van der Waals surface area contributed by atoms with Crippen LogP contribution in [0.3, 0.4) is 0 Å². The summed E-state index contributed by atoms with van der Waals surface area (Å²) in [5, 5.41) is 9.92. The molecule has 5 rings (SSSR count). The lowest BCUT2D eigenvalue weighted by molar-refractivity contribution is -0.126. The van der Waals surface area contributed by atoms with Gasteiger partial charge in [0.15, 0.2) is 4.34 Å². The number of benzene rings is 2. The number of carbonyl (C=O) groups excluding carboxylic acids is 1. The number of thioether (sulfide) groups is 1. The van der Waals surface area contributed by atoms with Gasteiger partial charge in [-0.25, -0.2) is 4.98 Å². The van der Waals surface area contributed by atoms with Crippen molar-refractivity contribution < 1.29 is 4.79 Å². The first-order valence-electron chi connectivity index (χ1n) is 9.02. The van der Waals surface area contributed by atoms with E-state index in [2.05, 4.69) is 21.2 Å². The molecule has 10 heteroatoms. The first-order valence-corrected chi connectivity index (χ1v) is 12.4. The van der Waals surface area contributed by atoms with E-state index in [1.165, 1.54) is 11.3 Å². The number of para-hydroxylation sites is 1. The molecule has 1 saturated heterocycles. The second-order valence-corrected chi connectivity index (χ2v) is 11.1. The first kappa shape index (κ1) is 20.2. The number of hydrogen-bond acceptors (Lipinski definition) is 7. The van der Waals surface area contributed by atoms with Gasteiger partial charge in [0.2, 0.25) is 5.13 Å². The fourth-order valence-corrected chi connectivity index (χ4v) is 6.87. The highest BCUT2D eigenvalue weighted by molar-refractivity contribution is 8.00. The minimum Gasteiger partial charge on any atom is -0.273 e. The Labute approximate surface area is 195 Å². The van der Waals surface area contributed by atoms with E-state index in [0.29, 0.717) is 15.9 Å². The molecule has 1 aliphatic heterocycles. The molecule has 1 aliphatic rings. The molecule has 2 aromatic carbocycles. The summed E-state index contributed by atoms with van der Waals surface area (Å²) in [6, 6.07) is 15.5. The Balaban J connectivity index is 1.36. The number of hydrogen-bond donors (Lipinski definition) is 0. The van der Waals surface area contributed by atoms with E-state index in [4.69, 9.17) is 23.2 Å². The van der Waals surface area contributed by atoms with Crippen molar-refractivity contribution in [1.82, 2.24) is 15.2 Å². The predicted octanol–water partition coefficient (Wildman–Crippen LogP) is 5.96. The van der Waals surface area contributed by atoms with Gasteiger partial charge >= 0.3 is 0 Å². The molecule has 2 unspecified atom stereocenters. The maximum Gasteiger partial charge on any atom is 0.250 e. The van der Waals surface area contributed by atoms with Crippen LogP contribution < -0.4 is 4.90 Å². The van der Waals surface area contributed by atoms with Gasteiger partial charge in [-0.15, -0.1) is 33.1 Å². The smallest absolute Gasteiger partial charge is 0.250 e. The van der Waals surface area contributed by atoms with E-state index >= 15 is 0 Å². The van der Waals surface area contributed by atoms with E-state index in [1.807, 2.05) is 37.3 Å². The number of β-lactam (4-membered cyclic amide) rings is 1. The molecular weight excluding hydrogens is 479 g/mol. The number of rotatable bonds is 5. The molecule has 0 N–H and O–H groups in total. The molecule has 1 amide bonds. The standard InChI is InChI=1S/C20H14Cl2N4OS3/c1-20(11-6-8-12(21)9-7-11)16(22)17(27)26(20)18-25-24-15(30-18)10-28-19-23-13-4-2-3-5-14(13)29-19/h2-9,16H,10H2,1H3. The third-order valence-corrected chi connectivity index (χ3v) is 9.21. The Hall–Kier alpha value is -1.71. The van der Waals surface area contributed by atoms with Crippen molar-refractivity contribution in [3.63, 3.8) is 0 Å². The molecule has 0 bridgehead atoms. The van der Waals surface area contributed by atoms with Gasteiger partial charge in [0.25, 0.3) is 5.91 Å². The Kier molecular flexibility index (Phi) is 5.23. The van der Waals surface area contributed by atoms with Crippen LogP contribution in [-0.2, 0) is 16.1 Å². The van der Waals surface area contributed by atoms with Gasteiger partial charge in [0.05, 0.1) is 21.5 Å². The molecule has 1 fully saturated rings. The summed E-state index contributed by atoms with van der Waals surface area (Å²) < 4.78 is 2.15. The Morgan fingerprint density at radius 2 is 1.90 bits per heavy atom. The number of thiazole rings is 1. The van der Waals surface area contributed by atoms with Crippen molar-refractivity contribution in [2.75, 3.05) is 4.90 Å². The van der Waals surface area contributed by atoms with Crippen LogP contribution in [0.15, 0.2) is 52.9 Å². The van der Waals surface area contributed by atoms with E-state index < -0.39 is 10.9 Å². The molecule has 2 atom stereocenters. The van der Waals surface area contributed by atoms with E-state index in [0.717, 1.165) is 25.1 Å². The van der Waals surface area contributed by atoms with Crippen molar-refractivity contribution in [1.29, 1.82) is 0 Å². The van der Waals surface area contributed by atoms with Crippen molar-refractivity contribution in [2.45, 2.75) is 27.9 Å². The molecule has 0 saturated carbocycles. The van der Waals surface area contributed by atoms with Gasteiger partial charge in [-0.3, -0.25) is 9.69 Å². The maximum absolute atomic E-state index is 12.6. The quantitative estimate of drug-likeness (QED) is 0.195. The highest BCUT2D eigenvalue weighted by Gasteiger charge is 2.59. The lowest BCUT2D eigenvalue weighted by atomic mass is 9.79. The normalized spacial score (nSPS) is 21.2. The lowest BCUT2D eigenvalue weighted by Crippen LogP contribution is -2.69. The van der Waals surface area contributed by atoms with E-state index in [1.54, 1.807) is 40.1 Å². The summed E-state index contributed by atoms with van der Waals surface area (Å²) in [6.07, 6.45) is 0. The Morgan fingerprint density at radius 1 is 1.13 bits per heavy atom. The molecular formula is C20H14Cl2N4OS3. The molecule has 2 aromatic heterocycles. The van der Waals surface area contributed by atoms with Gasteiger partial charge in [-0.1, -0.05) is 59.0 Å². The highest BCUT2D eigenvalue weighted by Crippen LogP contribution is 2.48. The lowest BCUT2D eigenvalue weighted by Gasteiger charge is -2.52. The Morgan fingerprint density at radius 3 is 2.67 bits per heavy atom. The van der Waals surface area contributed by atoms with Crippen molar-refractivity contribution in [3.8, 4) is 0 Å². The van der Waals surface area contributed by atoms with Crippen LogP contribution >= 0.6 is 57.6 Å². The summed E-state index contributed by atoms with van der Waals surface area (Å²) in [4.78, 5) is 18.9. The van der Waals surface area contributed by atoms with Crippen LogP contribution in [0.2, 0.25) is 5.02 Å². The van der Waals surface area contributed by atoms with Crippen LogP contribution in [0.5, 0.6) is 0 Å². The Bertz CT molecular complexity index is 1210. The summed E-state index contributed by atoms with van der Waals surface area (Å²) in [5.74, 6) is 0.470. The van der Waals surface area contributed by atoms with Gasteiger partial charge < -0.3 is 0 Å². The SMILES string of the molecule is CC1(c2ccc(Cl)cc2)C(Cl)C(=O)N1c1nnc(CSc2nc3ccccc3s2)s1. The summed E-state index contributed by atoms with van der Waals surface area (Å²) >= 11 is 17.1. The number of carbonyl (C=O) groups is 1. The summed E-state index contributed by atoms with van der Waals surface area (Å²) in [7, 11) is 0.